The number of nitrogens with zero attached hydrogens (tertiary/aromatic N) is 3. The Morgan fingerprint density at radius 2 is 2.19 bits per heavy atom. The van der Waals surface area contributed by atoms with E-state index in [0.717, 1.165) is 24.6 Å². The van der Waals surface area contributed by atoms with Crippen LogP contribution < -0.4 is 5.56 Å². The lowest BCUT2D eigenvalue weighted by molar-refractivity contribution is -0.139. The molecule has 11 heteroatoms. The van der Waals surface area contributed by atoms with Crippen LogP contribution in [0.4, 0.5) is 4.39 Å². The number of thiazole rings is 1. The van der Waals surface area contributed by atoms with Gasteiger partial charge in [-0.1, -0.05) is 23.1 Å². The molecule has 0 bridgehead atoms. The zero-order valence-electron chi connectivity index (χ0n) is 16.7. The molecule has 164 valence electrons. The maximum absolute atomic E-state index is 13.4. The highest BCUT2D eigenvalue weighted by Crippen LogP contribution is 2.26. The standard InChI is InChI=1S/C20H20FN3O4S3/c1-2-27-15(25)11-30-19-22-17-16(18(26)24(19)13-7-5-12(21)6-8-13)31-20(29)23(17)10-14-4-3-9-28-14/h5-8,14H,2-4,9-11H2,1H3/t14-/m0/s1. The van der Waals surface area contributed by atoms with Crippen molar-refractivity contribution in [1.29, 1.82) is 0 Å². The Kier molecular flexibility index (Phi) is 6.85. The molecule has 7 nitrogen and oxygen atoms in total. The van der Waals surface area contributed by atoms with Crippen LogP contribution in [0.15, 0.2) is 34.2 Å². The summed E-state index contributed by atoms with van der Waals surface area (Å²) in [5.74, 6) is -0.831. The molecular weight excluding hydrogens is 461 g/mol. The van der Waals surface area contributed by atoms with Crippen molar-refractivity contribution in [2.45, 2.75) is 37.6 Å². The number of carbonyl (C=O) groups is 1. The minimum Gasteiger partial charge on any atom is -0.465 e. The van der Waals surface area contributed by atoms with Crippen molar-refractivity contribution in [3.63, 3.8) is 0 Å². The second-order valence-corrected chi connectivity index (χ2v) is 9.46. The lowest BCUT2D eigenvalue weighted by atomic mass is 10.2. The Morgan fingerprint density at radius 3 is 2.87 bits per heavy atom. The zero-order chi connectivity index (χ0) is 22.0. The van der Waals surface area contributed by atoms with E-state index in [1.807, 2.05) is 4.57 Å². The molecule has 0 spiro atoms. The van der Waals surface area contributed by atoms with Crippen molar-refractivity contribution in [1.82, 2.24) is 14.1 Å². The van der Waals surface area contributed by atoms with Crippen molar-refractivity contribution in [3.8, 4) is 5.69 Å². The largest absolute Gasteiger partial charge is 0.465 e. The summed E-state index contributed by atoms with van der Waals surface area (Å²) < 4.78 is 28.3. The number of aromatic nitrogens is 3. The first-order chi connectivity index (χ1) is 15.0. The monoisotopic (exact) mass is 481 g/mol. The van der Waals surface area contributed by atoms with E-state index in [2.05, 4.69) is 0 Å². The van der Waals surface area contributed by atoms with Gasteiger partial charge in [0.15, 0.2) is 14.8 Å². The highest BCUT2D eigenvalue weighted by Gasteiger charge is 2.22. The molecule has 1 aliphatic heterocycles. The fourth-order valence-corrected chi connectivity index (χ4v) is 5.45. The van der Waals surface area contributed by atoms with Gasteiger partial charge in [0.05, 0.1) is 30.7 Å². The number of thioether (sulfide) groups is 1. The first-order valence-corrected chi connectivity index (χ1v) is 12.0. The summed E-state index contributed by atoms with van der Waals surface area (Å²) in [5.41, 5.74) is 0.613. The van der Waals surface area contributed by atoms with Gasteiger partial charge in [0.2, 0.25) is 0 Å². The summed E-state index contributed by atoms with van der Waals surface area (Å²) in [7, 11) is 0. The van der Waals surface area contributed by atoms with Gasteiger partial charge in [-0.05, 0) is 56.2 Å². The highest BCUT2D eigenvalue weighted by atomic mass is 32.2. The minimum absolute atomic E-state index is 0.0103. The average molecular weight is 482 g/mol. The van der Waals surface area contributed by atoms with Crippen LogP contribution in [0.2, 0.25) is 0 Å². The molecular formula is C20H20FN3O4S3. The predicted molar refractivity (Wildman–Crippen MR) is 120 cm³/mol. The van der Waals surface area contributed by atoms with Gasteiger partial charge in [-0.3, -0.25) is 14.2 Å². The van der Waals surface area contributed by atoms with Gasteiger partial charge in [0.1, 0.15) is 10.5 Å². The van der Waals surface area contributed by atoms with Crippen LogP contribution in [0.5, 0.6) is 0 Å². The molecule has 1 aliphatic rings. The van der Waals surface area contributed by atoms with E-state index in [9.17, 15) is 14.0 Å². The molecule has 0 amide bonds. The lowest BCUT2D eigenvalue weighted by Crippen LogP contribution is -2.23. The number of benzene rings is 1. The summed E-state index contributed by atoms with van der Waals surface area (Å²) in [6, 6.07) is 5.55. The first-order valence-electron chi connectivity index (χ1n) is 9.80. The molecule has 0 N–H and O–H groups in total. The number of carbonyl (C=O) groups excluding carboxylic acids is 1. The summed E-state index contributed by atoms with van der Waals surface area (Å²) in [4.78, 5) is 30.0. The van der Waals surface area contributed by atoms with Crippen molar-refractivity contribution in [2.75, 3.05) is 19.0 Å². The van der Waals surface area contributed by atoms with Crippen molar-refractivity contribution >= 4 is 51.6 Å². The van der Waals surface area contributed by atoms with Gasteiger partial charge in [-0.2, -0.15) is 0 Å². The number of esters is 1. The number of rotatable bonds is 7. The number of fused-ring (bicyclic) bond motifs is 1. The van der Waals surface area contributed by atoms with E-state index in [1.165, 1.54) is 40.2 Å². The molecule has 2 aromatic heterocycles. The first kappa shape index (κ1) is 22.1. The lowest BCUT2D eigenvalue weighted by Gasteiger charge is -2.14. The number of ether oxygens (including phenoxy) is 2. The topological polar surface area (TPSA) is 75.3 Å². The van der Waals surface area contributed by atoms with Crippen molar-refractivity contribution < 1.29 is 18.7 Å². The summed E-state index contributed by atoms with van der Waals surface area (Å²) >= 11 is 7.80. The number of hydrogen-bond donors (Lipinski definition) is 0. The molecule has 0 radical (unpaired) electrons. The molecule has 31 heavy (non-hydrogen) atoms. The van der Waals surface area contributed by atoms with Gasteiger partial charge in [-0.25, -0.2) is 9.37 Å². The van der Waals surface area contributed by atoms with Crippen molar-refractivity contribution in [3.05, 3.63) is 44.4 Å². The van der Waals surface area contributed by atoms with Gasteiger partial charge in [0, 0.05) is 6.61 Å². The van der Waals surface area contributed by atoms with Crippen LogP contribution in [-0.4, -0.2) is 45.2 Å². The Hall–Kier alpha value is -2.08. The van der Waals surface area contributed by atoms with Gasteiger partial charge in [-0.15, -0.1) is 0 Å². The third-order valence-electron chi connectivity index (χ3n) is 4.78. The molecule has 1 aromatic carbocycles. The molecule has 4 rings (SSSR count). The second kappa shape index (κ2) is 9.60. The van der Waals surface area contributed by atoms with E-state index in [0.29, 0.717) is 38.3 Å². The molecule has 1 saturated heterocycles. The SMILES string of the molecule is CCOC(=O)CSc1nc2c(sc(=S)n2C[C@@H]2CCCO2)c(=O)n1-c1ccc(F)cc1. The van der Waals surface area contributed by atoms with Crippen molar-refractivity contribution in [2.24, 2.45) is 0 Å². The third kappa shape index (κ3) is 4.74. The van der Waals surface area contributed by atoms with Gasteiger partial charge in [0.25, 0.3) is 5.56 Å². The van der Waals surface area contributed by atoms with Crippen LogP contribution in [-0.2, 0) is 20.8 Å². The van der Waals surface area contributed by atoms with Crippen LogP contribution >= 0.6 is 35.3 Å². The molecule has 3 aromatic rings. The molecule has 1 atom stereocenters. The molecule has 1 fully saturated rings. The Bertz CT molecular complexity index is 1210. The Labute approximate surface area is 190 Å². The Morgan fingerprint density at radius 1 is 1.42 bits per heavy atom. The van der Waals surface area contributed by atoms with E-state index in [4.69, 9.17) is 26.7 Å². The predicted octanol–water partition coefficient (Wildman–Crippen LogP) is 3.95. The molecule has 0 unspecified atom stereocenters. The van der Waals surface area contributed by atoms with Gasteiger partial charge < -0.3 is 14.0 Å². The molecule has 3 heterocycles. The maximum Gasteiger partial charge on any atom is 0.316 e. The maximum atomic E-state index is 13.4. The van der Waals surface area contributed by atoms with E-state index < -0.39 is 11.8 Å². The Balaban J connectivity index is 1.83. The summed E-state index contributed by atoms with van der Waals surface area (Å²) in [6.07, 6.45) is 1.95. The minimum atomic E-state index is -0.412. The van der Waals surface area contributed by atoms with Gasteiger partial charge >= 0.3 is 5.97 Å². The van der Waals surface area contributed by atoms with Crippen LogP contribution in [0.3, 0.4) is 0 Å². The third-order valence-corrected chi connectivity index (χ3v) is 7.12. The molecule has 0 saturated carbocycles. The second-order valence-electron chi connectivity index (χ2n) is 6.87. The van der Waals surface area contributed by atoms with E-state index in [1.54, 1.807) is 6.92 Å². The van der Waals surface area contributed by atoms with Crippen LogP contribution in [0.25, 0.3) is 16.0 Å². The number of halogens is 1. The van der Waals surface area contributed by atoms with E-state index in [-0.39, 0.29) is 24.0 Å². The zero-order valence-corrected chi connectivity index (χ0v) is 19.2. The number of hydrogen-bond acceptors (Lipinski definition) is 8. The summed E-state index contributed by atoms with van der Waals surface area (Å²) in [5, 5.41) is 0.311. The fourth-order valence-electron chi connectivity index (χ4n) is 3.37. The quantitative estimate of drug-likeness (QED) is 0.219. The normalized spacial score (nSPS) is 16.1. The summed E-state index contributed by atoms with van der Waals surface area (Å²) in [6.45, 7) is 3.23. The van der Waals surface area contributed by atoms with Crippen LogP contribution in [0.1, 0.15) is 19.8 Å². The van der Waals surface area contributed by atoms with Crippen LogP contribution in [0, 0.1) is 9.77 Å². The average Bonchev–Trinajstić information content (AvgIpc) is 3.37. The fraction of sp³-hybridized carbons (Fsp3) is 0.400. The van der Waals surface area contributed by atoms with E-state index >= 15 is 0 Å². The smallest absolute Gasteiger partial charge is 0.316 e. The highest BCUT2D eigenvalue weighted by molar-refractivity contribution is 7.99. The molecule has 0 aliphatic carbocycles.